The molecule has 2 rings (SSSR count). The SMILES string of the molecule is Cc1nc(NC(=O)CC2(O)CCCC2)n[nH]1. The first kappa shape index (κ1) is 11.1. The van der Waals surface area contributed by atoms with Crippen molar-refractivity contribution in [2.45, 2.75) is 44.6 Å². The third kappa shape index (κ3) is 2.57. The summed E-state index contributed by atoms with van der Waals surface area (Å²) >= 11 is 0. The fourth-order valence-corrected chi connectivity index (χ4v) is 2.08. The van der Waals surface area contributed by atoms with Gasteiger partial charge in [0.25, 0.3) is 0 Å². The maximum absolute atomic E-state index is 11.6. The molecule has 0 saturated heterocycles. The lowest BCUT2D eigenvalue weighted by atomic mass is 9.98. The Hall–Kier alpha value is -1.43. The molecule has 0 spiro atoms. The quantitative estimate of drug-likeness (QED) is 0.706. The van der Waals surface area contributed by atoms with Gasteiger partial charge >= 0.3 is 0 Å². The minimum absolute atomic E-state index is 0.126. The van der Waals surface area contributed by atoms with Crippen molar-refractivity contribution in [3.05, 3.63) is 5.82 Å². The first-order valence-corrected chi connectivity index (χ1v) is 5.49. The maximum atomic E-state index is 11.6. The Morgan fingerprint density at radius 1 is 1.56 bits per heavy atom. The number of amides is 1. The molecular weight excluding hydrogens is 208 g/mol. The lowest BCUT2D eigenvalue weighted by Gasteiger charge is -2.20. The van der Waals surface area contributed by atoms with E-state index in [1.165, 1.54) is 0 Å². The van der Waals surface area contributed by atoms with Crippen LogP contribution >= 0.6 is 0 Å². The molecular formula is C10H16N4O2. The monoisotopic (exact) mass is 224 g/mol. The summed E-state index contributed by atoms with van der Waals surface area (Å²) in [5.41, 5.74) is -0.824. The van der Waals surface area contributed by atoms with Gasteiger partial charge in [-0.25, -0.2) is 0 Å². The zero-order valence-corrected chi connectivity index (χ0v) is 9.29. The molecule has 1 saturated carbocycles. The highest BCUT2D eigenvalue weighted by molar-refractivity contribution is 5.89. The highest BCUT2D eigenvalue weighted by Gasteiger charge is 2.33. The number of carbonyl (C=O) groups is 1. The second-order valence-electron chi connectivity index (χ2n) is 4.40. The number of aromatic nitrogens is 3. The Labute approximate surface area is 93.5 Å². The number of hydrogen-bond donors (Lipinski definition) is 3. The van der Waals surface area contributed by atoms with E-state index in [1.807, 2.05) is 0 Å². The molecule has 1 heterocycles. The second kappa shape index (κ2) is 4.21. The molecule has 6 heteroatoms. The topological polar surface area (TPSA) is 90.9 Å². The van der Waals surface area contributed by atoms with E-state index >= 15 is 0 Å². The molecule has 1 aliphatic rings. The average Bonchev–Trinajstić information content (AvgIpc) is 2.75. The highest BCUT2D eigenvalue weighted by atomic mass is 16.3. The first-order valence-electron chi connectivity index (χ1n) is 5.49. The Morgan fingerprint density at radius 3 is 2.81 bits per heavy atom. The summed E-state index contributed by atoms with van der Waals surface area (Å²) < 4.78 is 0. The normalized spacial score (nSPS) is 18.6. The molecule has 88 valence electrons. The van der Waals surface area contributed by atoms with E-state index in [4.69, 9.17) is 0 Å². The Bertz CT molecular complexity index is 382. The molecule has 1 aliphatic carbocycles. The molecule has 0 bridgehead atoms. The number of aromatic amines is 1. The third-order valence-electron chi connectivity index (χ3n) is 2.87. The first-order chi connectivity index (χ1) is 7.57. The third-order valence-corrected chi connectivity index (χ3v) is 2.87. The van der Waals surface area contributed by atoms with Crippen LogP contribution in [0.5, 0.6) is 0 Å². The molecule has 1 amide bonds. The highest BCUT2D eigenvalue weighted by Crippen LogP contribution is 2.32. The van der Waals surface area contributed by atoms with Gasteiger partial charge in [0.05, 0.1) is 12.0 Å². The molecule has 3 N–H and O–H groups in total. The van der Waals surface area contributed by atoms with Gasteiger partial charge in [0.1, 0.15) is 5.82 Å². The van der Waals surface area contributed by atoms with Crippen LogP contribution in [0.15, 0.2) is 0 Å². The average molecular weight is 224 g/mol. The lowest BCUT2D eigenvalue weighted by molar-refractivity contribution is -0.120. The standard InChI is InChI=1S/C10H16N4O2/c1-7-11-9(14-13-7)12-8(15)6-10(16)4-2-3-5-10/h16H,2-6H2,1H3,(H2,11,12,13,14,15). The van der Waals surface area contributed by atoms with Gasteiger partial charge in [0, 0.05) is 0 Å². The van der Waals surface area contributed by atoms with Crippen LogP contribution in [-0.2, 0) is 4.79 Å². The van der Waals surface area contributed by atoms with E-state index in [9.17, 15) is 9.90 Å². The van der Waals surface area contributed by atoms with Gasteiger partial charge in [-0.3, -0.25) is 15.2 Å². The summed E-state index contributed by atoms with van der Waals surface area (Å²) in [6.45, 7) is 1.76. The molecule has 16 heavy (non-hydrogen) atoms. The Balaban J connectivity index is 1.89. The zero-order chi connectivity index (χ0) is 11.6. The Morgan fingerprint density at radius 2 is 2.25 bits per heavy atom. The van der Waals surface area contributed by atoms with Crippen molar-refractivity contribution in [3.63, 3.8) is 0 Å². The van der Waals surface area contributed by atoms with Crippen LogP contribution in [0.25, 0.3) is 0 Å². The van der Waals surface area contributed by atoms with Crippen LogP contribution in [-0.4, -0.2) is 31.8 Å². The van der Waals surface area contributed by atoms with Crippen molar-refractivity contribution < 1.29 is 9.90 Å². The summed E-state index contributed by atoms with van der Waals surface area (Å²) in [5, 5.41) is 19.0. The molecule has 1 fully saturated rings. The molecule has 0 unspecified atom stereocenters. The smallest absolute Gasteiger partial charge is 0.248 e. The molecule has 0 radical (unpaired) electrons. The van der Waals surface area contributed by atoms with Crippen LogP contribution in [0.2, 0.25) is 0 Å². The van der Waals surface area contributed by atoms with Crippen LogP contribution in [0, 0.1) is 6.92 Å². The lowest BCUT2D eigenvalue weighted by Crippen LogP contribution is -2.31. The number of carbonyl (C=O) groups excluding carboxylic acids is 1. The van der Waals surface area contributed by atoms with E-state index in [-0.39, 0.29) is 18.3 Å². The van der Waals surface area contributed by atoms with Crippen molar-refractivity contribution in [2.24, 2.45) is 0 Å². The van der Waals surface area contributed by atoms with Crippen LogP contribution in [0.3, 0.4) is 0 Å². The molecule has 0 aromatic carbocycles. The Kier molecular flexibility index (Phi) is 2.91. The maximum Gasteiger partial charge on any atom is 0.248 e. The number of nitrogens with one attached hydrogen (secondary N) is 2. The van der Waals surface area contributed by atoms with Crippen molar-refractivity contribution >= 4 is 11.9 Å². The fourth-order valence-electron chi connectivity index (χ4n) is 2.08. The van der Waals surface area contributed by atoms with E-state index in [2.05, 4.69) is 20.5 Å². The van der Waals surface area contributed by atoms with Crippen LogP contribution < -0.4 is 5.32 Å². The molecule has 0 atom stereocenters. The summed E-state index contributed by atoms with van der Waals surface area (Å²) in [4.78, 5) is 15.6. The number of aryl methyl sites for hydroxylation is 1. The molecule has 0 aliphatic heterocycles. The summed E-state index contributed by atoms with van der Waals surface area (Å²) in [6, 6.07) is 0. The zero-order valence-electron chi connectivity index (χ0n) is 9.29. The molecule has 1 aromatic heterocycles. The van der Waals surface area contributed by atoms with Crippen molar-refractivity contribution in [1.82, 2.24) is 15.2 Å². The largest absolute Gasteiger partial charge is 0.389 e. The number of aliphatic hydroxyl groups is 1. The summed E-state index contributed by atoms with van der Waals surface area (Å²) in [6.07, 6.45) is 3.51. The van der Waals surface area contributed by atoms with Gasteiger partial charge in [-0.2, -0.15) is 4.98 Å². The van der Waals surface area contributed by atoms with Crippen LogP contribution in [0.4, 0.5) is 5.95 Å². The van der Waals surface area contributed by atoms with Gasteiger partial charge in [-0.15, -0.1) is 5.10 Å². The van der Waals surface area contributed by atoms with Gasteiger partial charge in [-0.1, -0.05) is 12.8 Å². The predicted molar refractivity (Wildman–Crippen MR) is 57.8 cm³/mol. The van der Waals surface area contributed by atoms with E-state index in [0.29, 0.717) is 18.7 Å². The van der Waals surface area contributed by atoms with Crippen molar-refractivity contribution in [2.75, 3.05) is 5.32 Å². The van der Waals surface area contributed by atoms with Gasteiger partial charge < -0.3 is 5.11 Å². The number of hydrogen-bond acceptors (Lipinski definition) is 4. The number of rotatable bonds is 3. The van der Waals surface area contributed by atoms with Crippen molar-refractivity contribution in [3.8, 4) is 0 Å². The summed E-state index contributed by atoms with van der Waals surface area (Å²) in [7, 11) is 0. The summed E-state index contributed by atoms with van der Waals surface area (Å²) in [5.74, 6) is 0.683. The van der Waals surface area contributed by atoms with Crippen LogP contribution in [0.1, 0.15) is 37.9 Å². The molecule has 6 nitrogen and oxygen atoms in total. The number of H-pyrrole nitrogens is 1. The number of nitrogens with zero attached hydrogens (tertiary/aromatic N) is 2. The fraction of sp³-hybridized carbons (Fsp3) is 0.700. The minimum atomic E-state index is -0.824. The van der Waals surface area contributed by atoms with Crippen molar-refractivity contribution in [1.29, 1.82) is 0 Å². The van der Waals surface area contributed by atoms with Gasteiger partial charge in [0.15, 0.2) is 0 Å². The number of anilines is 1. The van der Waals surface area contributed by atoms with E-state index < -0.39 is 5.60 Å². The predicted octanol–water partition coefficient (Wildman–Crippen LogP) is 0.747. The second-order valence-corrected chi connectivity index (χ2v) is 4.40. The van der Waals surface area contributed by atoms with Gasteiger partial charge in [-0.05, 0) is 19.8 Å². The minimum Gasteiger partial charge on any atom is -0.389 e. The molecule has 1 aromatic rings. The van der Waals surface area contributed by atoms with Gasteiger partial charge in [0.2, 0.25) is 11.9 Å². The van der Waals surface area contributed by atoms with E-state index in [1.54, 1.807) is 6.92 Å². The van der Waals surface area contributed by atoms with E-state index in [0.717, 1.165) is 12.8 Å².